The molecule has 0 saturated heterocycles. The fourth-order valence-corrected chi connectivity index (χ4v) is 2.91. The first-order chi connectivity index (χ1) is 12.8. The molecule has 27 heavy (non-hydrogen) atoms. The third kappa shape index (κ3) is 5.23. The number of esters is 1. The Morgan fingerprint density at radius 1 is 1.33 bits per heavy atom. The van der Waals surface area contributed by atoms with Crippen LogP contribution in [0.3, 0.4) is 0 Å². The molecule has 0 saturated carbocycles. The van der Waals surface area contributed by atoms with E-state index in [1.807, 2.05) is 6.92 Å². The zero-order valence-corrected chi connectivity index (χ0v) is 15.7. The highest BCUT2D eigenvalue weighted by Gasteiger charge is 2.22. The molecule has 0 radical (unpaired) electrons. The average molecular weight is 392 g/mol. The van der Waals surface area contributed by atoms with Crippen LogP contribution in [0.15, 0.2) is 28.4 Å². The maximum atomic E-state index is 12.2. The second-order valence-corrected chi connectivity index (χ2v) is 6.61. The molecule has 0 aliphatic carbocycles. The Labute approximate surface area is 159 Å². The van der Waals surface area contributed by atoms with E-state index < -0.39 is 23.9 Å². The molecular weight excluding hydrogens is 372 g/mol. The van der Waals surface area contributed by atoms with Gasteiger partial charge in [-0.25, -0.2) is 9.48 Å². The molecule has 1 atom stereocenters. The highest BCUT2D eigenvalue weighted by Crippen LogP contribution is 2.23. The Bertz CT molecular complexity index is 905. The van der Waals surface area contributed by atoms with Gasteiger partial charge in [-0.1, -0.05) is 13.3 Å². The van der Waals surface area contributed by atoms with E-state index in [0.29, 0.717) is 6.54 Å². The zero-order chi connectivity index (χ0) is 20.0. The van der Waals surface area contributed by atoms with Crippen LogP contribution in [0.2, 0.25) is 0 Å². The van der Waals surface area contributed by atoms with Gasteiger partial charge >= 0.3 is 5.97 Å². The van der Waals surface area contributed by atoms with Crippen molar-refractivity contribution in [2.24, 2.45) is 5.73 Å². The first-order valence-corrected chi connectivity index (χ1v) is 9.18. The number of rotatable bonds is 8. The van der Waals surface area contributed by atoms with E-state index >= 15 is 0 Å². The minimum atomic E-state index is -1.14. The number of aryl methyl sites for hydroxylation is 1. The van der Waals surface area contributed by atoms with Crippen molar-refractivity contribution in [1.29, 1.82) is 0 Å². The van der Waals surface area contributed by atoms with Crippen LogP contribution in [-0.2, 0) is 16.1 Å². The summed E-state index contributed by atoms with van der Waals surface area (Å²) in [6.45, 7) is 3.75. The van der Waals surface area contributed by atoms with Gasteiger partial charge in [-0.2, -0.15) is 5.10 Å². The van der Waals surface area contributed by atoms with Gasteiger partial charge in [0.15, 0.2) is 11.8 Å². The number of aromatic nitrogens is 2. The summed E-state index contributed by atoms with van der Waals surface area (Å²) in [5, 5.41) is 8.36. The van der Waals surface area contributed by atoms with Gasteiger partial charge in [0.1, 0.15) is 5.00 Å². The van der Waals surface area contributed by atoms with Crippen molar-refractivity contribution in [2.75, 3.05) is 5.32 Å². The van der Waals surface area contributed by atoms with Crippen molar-refractivity contribution in [2.45, 2.75) is 39.3 Å². The number of hydrogen-bond donors (Lipinski definition) is 2. The number of nitrogens with two attached hydrogens (primary N) is 1. The quantitative estimate of drug-likeness (QED) is 0.652. The summed E-state index contributed by atoms with van der Waals surface area (Å²) in [7, 11) is 0. The molecule has 0 fully saturated rings. The number of carbonyl (C=O) groups excluding carboxylic acids is 3. The van der Waals surface area contributed by atoms with Crippen LogP contribution in [-0.4, -0.2) is 33.7 Å². The van der Waals surface area contributed by atoms with E-state index in [0.717, 1.165) is 24.2 Å². The van der Waals surface area contributed by atoms with Crippen LogP contribution in [0, 0.1) is 0 Å². The summed E-state index contributed by atoms with van der Waals surface area (Å²) in [4.78, 5) is 47.5. The molecule has 10 heteroatoms. The van der Waals surface area contributed by atoms with Gasteiger partial charge in [0.05, 0.1) is 5.56 Å². The maximum Gasteiger partial charge on any atom is 0.359 e. The van der Waals surface area contributed by atoms with Crippen LogP contribution in [0.25, 0.3) is 0 Å². The highest BCUT2D eigenvalue weighted by atomic mass is 32.1. The standard InChI is InChI=1S/C17H20N4O5S/c1-3-4-8-21-13(22)6-5-12(20-21)17(25)26-10(2)15(24)19-16-11(14(18)23)7-9-27-16/h5-7,9-10H,3-4,8H2,1-2H3,(H2,18,23)(H,19,24). The van der Waals surface area contributed by atoms with E-state index in [-0.39, 0.29) is 21.8 Å². The predicted molar refractivity (Wildman–Crippen MR) is 99.7 cm³/mol. The van der Waals surface area contributed by atoms with Crippen molar-refractivity contribution in [3.63, 3.8) is 0 Å². The zero-order valence-electron chi connectivity index (χ0n) is 14.9. The average Bonchev–Trinajstić information content (AvgIpc) is 3.09. The largest absolute Gasteiger partial charge is 0.448 e. The van der Waals surface area contributed by atoms with Crippen LogP contribution in [0.1, 0.15) is 47.5 Å². The first-order valence-electron chi connectivity index (χ1n) is 8.30. The lowest BCUT2D eigenvalue weighted by Gasteiger charge is -2.13. The van der Waals surface area contributed by atoms with Gasteiger partial charge in [0.25, 0.3) is 17.4 Å². The Morgan fingerprint density at radius 2 is 2.07 bits per heavy atom. The predicted octanol–water partition coefficient (Wildman–Crippen LogP) is 1.39. The second-order valence-electron chi connectivity index (χ2n) is 5.70. The maximum absolute atomic E-state index is 12.2. The van der Waals surface area contributed by atoms with E-state index in [9.17, 15) is 19.2 Å². The molecule has 1 unspecified atom stereocenters. The van der Waals surface area contributed by atoms with Crippen molar-refractivity contribution in [3.05, 3.63) is 45.2 Å². The Kier molecular flexibility index (Phi) is 6.83. The minimum absolute atomic E-state index is 0.0701. The number of primary amides is 1. The lowest BCUT2D eigenvalue weighted by Crippen LogP contribution is -2.31. The molecule has 2 aromatic rings. The number of thiophene rings is 1. The molecule has 0 spiro atoms. The monoisotopic (exact) mass is 392 g/mol. The van der Waals surface area contributed by atoms with Crippen LogP contribution < -0.4 is 16.6 Å². The molecular formula is C17H20N4O5S. The van der Waals surface area contributed by atoms with Crippen LogP contribution >= 0.6 is 11.3 Å². The number of hydrogen-bond acceptors (Lipinski definition) is 7. The third-order valence-corrected chi connectivity index (χ3v) is 4.45. The topological polar surface area (TPSA) is 133 Å². The molecule has 3 N–H and O–H groups in total. The number of carbonyl (C=O) groups is 3. The summed E-state index contributed by atoms with van der Waals surface area (Å²) < 4.78 is 6.30. The van der Waals surface area contributed by atoms with Crippen molar-refractivity contribution in [1.82, 2.24) is 9.78 Å². The summed E-state index contributed by atoms with van der Waals surface area (Å²) in [5.74, 6) is -2.12. The number of ether oxygens (including phenoxy) is 1. The molecule has 144 valence electrons. The van der Waals surface area contributed by atoms with Crippen molar-refractivity contribution >= 4 is 34.1 Å². The molecule has 0 aromatic carbocycles. The molecule has 2 aromatic heterocycles. The lowest BCUT2D eigenvalue weighted by atomic mass is 10.3. The Balaban J connectivity index is 2.04. The molecule has 2 rings (SSSR count). The normalized spacial score (nSPS) is 11.6. The molecule has 2 heterocycles. The first kappa shape index (κ1) is 20.3. The fraction of sp³-hybridized carbons (Fsp3) is 0.353. The summed E-state index contributed by atoms with van der Waals surface area (Å²) >= 11 is 1.13. The number of nitrogens with zero attached hydrogens (tertiary/aromatic N) is 2. The minimum Gasteiger partial charge on any atom is -0.448 e. The van der Waals surface area contributed by atoms with Gasteiger partial charge in [-0.3, -0.25) is 14.4 Å². The van der Waals surface area contributed by atoms with Gasteiger partial charge in [0.2, 0.25) is 0 Å². The molecule has 0 bridgehead atoms. The smallest absolute Gasteiger partial charge is 0.359 e. The van der Waals surface area contributed by atoms with Crippen molar-refractivity contribution < 1.29 is 19.1 Å². The Morgan fingerprint density at radius 3 is 2.74 bits per heavy atom. The third-order valence-electron chi connectivity index (χ3n) is 3.62. The highest BCUT2D eigenvalue weighted by molar-refractivity contribution is 7.14. The second kappa shape index (κ2) is 9.08. The van der Waals surface area contributed by atoms with E-state index in [2.05, 4.69) is 10.4 Å². The van der Waals surface area contributed by atoms with E-state index in [1.54, 1.807) is 5.38 Å². The molecule has 0 aliphatic heterocycles. The fourth-order valence-electron chi connectivity index (χ4n) is 2.11. The number of nitrogens with one attached hydrogen (secondary N) is 1. The van der Waals surface area contributed by atoms with Gasteiger partial charge < -0.3 is 15.8 Å². The van der Waals surface area contributed by atoms with Crippen LogP contribution in [0.4, 0.5) is 5.00 Å². The Hall–Kier alpha value is -3.01. The van der Waals surface area contributed by atoms with E-state index in [4.69, 9.17) is 10.5 Å². The summed E-state index contributed by atoms with van der Waals surface area (Å²) in [6.07, 6.45) is 0.474. The summed E-state index contributed by atoms with van der Waals surface area (Å²) in [6, 6.07) is 3.97. The van der Waals surface area contributed by atoms with Gasteiger partial charge in [-0.15, -0.1) is 11.3 Å². The lowest BCUT2D eigenvalue weighted by molar-refractivity contribution is -0.123. The molecule has 2 amide bonds. The summed E-state index contributed by atoms with van der Waals surface area (Å²) in [5.41, 5.74) is 5.01. The van der Waals surface area contributed by atoms with Crippen LogP contribution in [0.5, 0.6) is 0 Å². The number of unbranched alkanes of at least 4 members (excludes halogenated alkanes) is 1. The van der Waals surface area contributed by atoms with Crippen molar-refractivity contribution in [3.8, 4) is 0 Å². The van der Waals surface area contributed by atoms with E-state index in [1.165, 1.54) is 29.8 Å². The number of anilines is 1. The SMILES string of the molecule is CCCCn1nc(C(=O)OC(C)C(=O)Nc2sccc2C(N)=O)ccc1=O. The molecule has 0 aliphatic rings. The van der Waals surface area contributed by atoms with Gasteiger partial charge in [0, 0.05) is 12.6 Å². The number of amides is 2. The van der Waals surface area contributed by atoms with Gasteiger partial charge in [-0.05, 0) is 30.9 Å². The molecule has 9 nitrogen and oxygen atoms in total.